The maximum absolute atomic E-state index is 12.2. The number of nitrogen functional groups attached to an aromatic ring is 1. The number of hydrogen-bond donors (Lipinski definition) is 1. The van der Waals surface area contributed by atoms with Gasteiger partial charge in [0.1, 0.15) is 5.75 Å². The van der Waals surface area contributed by atoms with Crippen molar-refractivity contribution < 1.29 is 9.53 Å². The molecule has 3 heteroatoms. The highest BCUT2D eigenvalue weighted by molar-refractivity contribution is 5.79. The van der Waals surface area contributed by atoms with Crippen molar-refractivity contribution in [3.8, 4) is 16.9 Å². The van der Waals surface area contributed by atoms with Gasteiger partial charge in [0, 0.05) is 17.7 Å². The third-order valence-corrected chi connectivity index (χ3v) is 4.52. The average Bonchev–Trinajstić information content (AvgIpc) is 2.58. The van der Waals surface area contributed by atoms with Gasteiger partial charge in [-0.25, -0.2) is 0 Å². The molecule has 2 aromatic carbocycles. The second kappa shape index (κ2) is 7.32. The van der Waals surface area contributed by atoms with Crippen molar-refractivity contribution >= 4 is 11.7 Å². The van der Waals surface area contributed by atoms with Gasteiger partial charge in [-0.3, -0.25) is 4.79 Å². The Morgan fingerprint density at radius 2 is 1.78 bits per heavy atom. The number of ether oxygens (including phenoxy) is 1. The van der Waals surface area contributed by atoms with Crippen LogP contribution in [-0.4, -0.2) is 5.97 Å². The van der Waals surface area contributed by atoms with E-state index in [-0.39, 0.29) is 5.97 Å². The molecule has 1 saturated carbocycles. The summed E-state index contributed by atoms with van der Waals surface area (Å²) >= 11 is 0. The topological polar surface area (TPSA) is 52.3 Å². The van der Waals surface area contributed by atoms with E-state index in [0.29, 0.717) is 23.8 Å². The molecular formula is C20H23NO2. The second-order valence-corrected chi connectivity index (χ2v) is 6.30. The Kier molecular flexibility index (Phi) is 4.96. The quantitative estimate of drug-likeness (QED) is 0.501. The van der Waals surface area contributed by atoms with E-state index in [9.17, 15) is 4.79 Å². The van der Waals surface area contributed by atoms with Crippen LogP contribution in [0.15, 0.2) is 48.5 Å². The Balaban J connectivity index is 1.69. The molecule has 0 aromatic heterocycles. The van der Waals surface area contributed by atoms with E-state index in [2.05, 4.69) is 0 Å². The summed E-state index contributed by atoms with van der Waals surface area (Å²) in [6.07, 6.45) is 6.57. The standard InChI is InChI=1S/C20H23NO2/c21-19-12-11-17(14-18(19)16-9-5-2-6-10-16)23-20(22)13-15-7-3-1-4-8-15/h2,5-6,9-12,14-15H,1,3-4,7-8,13,21H2. The van der Waals surface area contributed by atoms with E-state index >= 15 is 0 Å². The normalized spacial score (nSPS) is 15.3. The van der Waals surface area contributed by atoms with Crippen molar-refractivity contribution in [2.75, 3.05) is 5.73 Å². The minimum atomic E-state index is -0.138. The molecule has 1 fully saturated rings. The molecule has 0 amide bonds. The molecule has 1 aliphatic rings. The van der Waals surface area contributed by atoms with Crippen molar-refractivity contribution in [1.82, 2.24) is 0 Å². The van der Waals surface area contributed by atoms with Gasteiger partial charge in [-0.1, -0.05) is 49.6 Å². The molecular weight excluding hydrogens is 286 g/mol. The van der Waals surface area contributed by atoms with Crippen LogP contribution >= 0.6 is 0 Å². The number of hydrogen-bond acceptors (Lipinski definition) is 3. The van der Waals surface area contributed by atoms with Crippen LogP contribution in [0, 0.1) is 5.92 Å². The molecule has 0 radical (unpaired) electrons. The maximum atomic E-state index is 12.2. The van der Waals surface area contributed by atoms with Crippen LogP contribution in [0.2, 0.25) is 0 Å². The van der Waals surface area contributed by atoms with Gasteiger partial charge < -0.3 is 10.5 Å². The molecule has 0 aliphatic heterocycles. The van der Waals surface area contributed by atoms with Gasteiger partial charge in [0.05, 0.1) is 0 Å². The molecule has 1 aliphatic carbocycles. The summed E-state index contributed by atoms with van der Waals surface area (Å²) in [6, 6.07) is 15.3. The van der Waals surface area contributed by atoms with E-state index in [1.54, 1.807) is 12.1 Å². The lowest BCUT2D eigenvalue weighted by Gasteiger charge is -2.20. The summed E-state index contributed by atoms with van der Waals surface area (Å²) in [7, 11) is 0. The molecule has 0 heterocycles. The highest BCUT2D eigenvalue weighted by Crippen LogP contribution is 2.31. The monoisotopic (exact) mass is 309 g/mol. The van der Waals surface area contributed by atoms with Gasteiger partial charge in [-0.05, 0) is 42.5 Å². The van der Waals surface area contributed by atoms with Crippen LogP contribution in [0.3, 0.4) is 0 Å². The lowest BCUT2D eigenvalue weighted by atomic mass is 9.87. The smallest absolute Gasteiger partial charge is 0.311 e. The van der Waals surface area contributed by atoms with Crippen LogP contribution in [0.4, 0.5) is 5.69 Å². The highest BCUT2D eigenvalue weighted by atomic mass is 16.5. The Morgan fingerprint density at radius 3 is 2.52 bits per heavy atom. The molecule has 23 heavy (non-hydrogen) atoms. The van der Waals surface area contributed by atoms with Crippen molar-refractivity contribution in [1.29, 1.82) is 0 Å². The molecule has 2 N–H and O–H groups in total. The largest absolute Gasteiger partial charge is 0.426 e. The fourth-order valence-corrected chi connectivity index (χ4v) is 3.27. The van der Waals surface area contributed by atoms with Crippen molar-refractivity contribution in [3.63, 3.8) is 0 Å². The SMILES string of the molecule is Nc1ccc(OC(=O)CC2CCCCC2)cc1-c1ccccc1. The van der Waals surface area contributed by atoms with E-state index in [1.165, 1.54) is 19.3 Å². The second-order valence-electron chi connectivity index (χ2n) is 6.30. The molecule has 0 unspecified atom stereocenters. The fraction of sp³-hybridized carbons (Fsp3) is 0.350. The van der Waals surface area contributed by atoms with Gasteiger partial charge in [0.2, 0.25) is 0 Å². The summed E-state index contributed by atoms with van der Waals surface area (Å²) < 4.78 is 5.54. The van der Waals surface area contributed by atoms with Gasteiger partial charge in [-0.15, -0.1) is 0 Å². The van der Waals surface area contributed by atoms with Crippen LogP contribution in [-0.2, 0) is 4.79 Å². The van der Waals surface area contributed by atoms with Gasteiger partial charge in [-0.2, -0.15) is 0 Å². The zero-order valence-electron chi connectivity index (χ0n) is 13.3. The average molecular weight is 309 g/mol. The zero-order chi connectivity index (χ0) is 16.1. The predicted molar refractivity (Wildman–Crippen MR) is 93.1 cm³/mol. The lowest BCUT2D eigenvalue weighted by Crippen LogP contribution is -2.16. The van der Waals surface area contributed by atoms with Crippen molar-refractivity contribution in [2.45, 2.75) is 38.5 Å². The van der Waals surface area contributed by atoms with Crippen LogP contribution in [0.1, 0.15) is 38.5 Å². The number of carbonyl (C=O) groups excluding carboxylic acids is 1. The Bertz CT molecular complexity index is 661. The molecule has 0 bridgehead atoms. The number of benzene rings is 2. The number of nitrogens with two attached hydrogens (primary N) is 1. The third-order valence-electron chi connectivity index (χ3n) is 4.52. The Labute approximate surface area is 137 Å². The van der Waals surface area contributed by atoms with E-state index in [4.69, 9.17) is 10.5 Å². The van der Waals surface area contributed by atoms with Crippen LogP contribution < -0.4 is 10.5 Å². The Morgan fingerprint density at radius 1 is 1.04 bits per heavy atom. The van der Waals surface area contributed by atoms with E-state index in [0.717, 1.165) is 24.0 Å². The summed E-state index contributed by atoms with van der Waals surface area (Å²) in [5.41, 5.74) is 8.66. The summed E-state index contributed by atoms with van der Waals surface area (Å²) in [5, 5.41) is 0. The van der Waals surface area contributed by atoms with Crippen LogP contribution in [0.5, 0.6) is 5.75 Å². The van der Waals surface area contributed by atoms with Crippen molar-refractivity contribution in [2.24, 2.45) is 5.92 Å². The van der Waals surface area contributed by atoms with E-state index < -0.39 is 0 Å². The fourth-order valence-electron chi connectivity index (χ4n) is 3.27. The maximum Gasteiger partial charge on any atom is 0.311 e. The molecule has 0 spiro atoms. The minimum absolute atomic E-state index is 0.138. The van der Waals surface area contributed by atoms with Crippen LogP contribution in [0.25, 0.3) is 11.1 Å². The Hall–Kier alpha value is -2.29. The van der Waals surface area contributed by atoms with Gasteiger partial charge in [0.25, 0.3) is 0 Å². The predicted octanol–water partition coefficient (Wildman–Crippen LogP) is 4.81. The minimum Gasteiger partial charge on any atom is -0.426 e. The summed E-state index contributed by atoms with van der Waals surface area (Å²) in [5.74, 6) is 0.915. The number of anilines is 1. The molecule has 0 saturated heterocycles. The molecule has 0 atom stereocenters. The first-order chi connectivity index (χ1) is 11.2. The third kappa shape index (κ3) is 4.13. The summed E-state index contributed by atoms with van der Waals surface area (Å²) in [6.45, 7) is 0. The number of carbonyl (C=O) groups is 1. The molecule has 2 aromatic rings. The molecule has 120 valence electrons. The first-order valence-electron chi connectivity index (χ1n) is 8.38. The number of esters is 1. The zero-order valence-corrected chi connectivity index (χ0v) is 13.3. The highest BCUT2D eigenvalue weighted by Gasteiger charge is 2.18. The van der Waals surface area contributed by atoms with Gasteiger partial charge >= 0.3 is 5.97 Å². The van der Waals surface area contributed by atoms with Gasteiger partial charge in [0.15, 0.2) is 0 Å². The van der Waals surface area contributed by atoms with Crippen molar-refractivity contribution in [3.05, 3.63) is 48.5 Å². The summed E-state index contributed by atoms with van der Waals surface area (Å²) in [4.78, 5) is 12.2. The molecule has 3 nitrogen and oxygen atoms in total. The lowest BCUT2D eigenvalue weighted by molar-refractivity contribution is -0.135. The first-order valence-corrected chi connectivity index (χ1v) is 8.38. The number of rotatable bonds is 4. The van der Waals surface area contributed by atoms with E-state index in [1.807, 2.05) is 36.4 Å². The first kappa shape index (κ1) is 15.6. The molecule has 3 rings (SSSR count).